The summed E-state index contributed by atoms with van der Waals surface area (Å²) in [6.45, 7) is 8.29. The highest BCUT2D eigenvalue weighted by Crippen LogP contribution is 2.37. The zero-order valence-corrected chi connectivity index (χ0v) is 19.9. The predicted molar refractivity (Wildman–Crippen MR) is 131 cm³/mol. The third kappa shape index (κ3) is 5.92. The molecule has 0 aliphatic rings. The van der Waals surface area contributed by atoms with Gasteiger partial charge in [0.15, 0.2) is 20.3 Å². The Morgan fingerprint density at radius 2 is 1.03 bits per heavy atom. The van der Waals surface area contributed by atoms with Crippen LogP contribution in [-0.2, 0) is 0 Å². The topological polar surface area (TPSA) is 27.7 Å². The van der Waals surface area contributed by atoms with Crippen LogP contribution in [0, 0.1) is 0 Å². The molecule has 0 heterocycles. The van der Waals surface area contributed by atoms with Crippen LogP contribution in [-0.4, -0.2) is 28.6 Å². The quantitative estimate of drug-likeness (QED) is 0.309. The summed E-state index contributed by atoms with van der Waals surface area (Å²) in [5, 5.41) is 3.85. The van der Waals surface area contributed by atoms with E-state index in [1.165, 1.54) is 15.6 Å². The van der Waals surface area contributed by atoms with Crippen molar-refractivity contribution in [2.24, 2.45) is 0 Å². The number of rotatable bonds is 12. The van der Waals surface area contributed by atoms with Gasteiger partial charge in [-0.2, -0.15) is 0 Å². The van der Waals surface area contributed by atoms with Crippen LogP contribution in [0.3, 0.4) is 0 Å². The molecule has 0 amide bonds. The van der Waals surface area contributed by atoms with Crippen molar-refractivity contribution in [3.8, 4) is 17.2 Å². The van der Waals surface area contributed by atoms with Gasteiger partial charge in [0.1, 0.15) is 0 Å². The molecule has 31 heavy (non-hydrogen) atoms. The van der Waals surface area contributed by atoms with Gasteiger partial charge in [-0.1, -0.05) is 97.9 Å². The third-order valence-corrected chi connectivity index (χ3v) is 7.59. The molecule has 0 spiro atoms. The normalized spacial score (nSPS) is 10.8. The summed E-state index contributed by atoms with van der Waals surface area (Å²) in [7, 11) is -1.28. The Balaban J connectivity index is 2.19. The van der Waals surface area contributed by atoms with Crippen LogP contribution in [0.2, 0.25) is 0 Å². The van der Waals surface area contributed by atoms with Gasteiger partial charge in [-0.05, 0) is 30.5 Å². The standard InChI is InChI=1S/C27H33O3Si/c1-4-19-28-24-17-18-25(27(30-21-6-3)26(24)29-20-5-2)31(22-13-9-7-10-14-22)23-15-11-8-12-16-23/h7-18H,4-6,19-21H2,1-3H3. The second-order valence-electron chi connectivity index (χ2n) is 7.42. The van der Waals surface area contributed by atoms with Crippen molar-refractivity contribution in [2.75, 3.05) is 19.8 Å². The summed E-state index contributed by atoms with van der Waals surface area (Å²) in [6.07, 6.45) is 2.81. The van der Waals surface area contributed by atoms with E-state index in [9.17, 15) is 0 Å². The van der Waals surface area contributed by atoms with Gasteiger partial charge < -0.3 is 14.2 Å². The minimum Gasteiger partial charge on any atom is -0.490 e. The van der Waals surface area contributed by atoms with Gasteiger partial charge in [0.25, 0.3) is 0 Å². The molecule has 3 aromatic rings. The monoisotopic (exact) mass is 433 g/mol. The van der Waals surface area contributed by atoms with Gasteiger partial charge >= 0.3 is 0 Å². The average Bonchev–Trinajstić information content (AvgIpc) is 2.82. The molecular weight excluding hydrogens is 400 g/mol. The summed E-state index contributed by atoms with van der Waals surface area (Å²) in [4.78, 5) is 0. The van der Waals surface area contributed by atoms with E-state index in [0.29, 0.717) is 19.8 Å². The largest absolute Gasteiger partial charge is 0.490 e. The fourth-order valence-electron chi connectivity index (χ4n) is 3.44. The predicted octanol–water partition coefficient (Wildman–Crippen LogP) is 4.57. The molecule has 3 aromatic carbocycles. The van der Waals surface area contributed by atoms with Crippen molar-refractivity contribution in [3.05, 3.63) is 72.8 Å². The van der Waals surface area contributed by atoms with E-state index in [0.717, 1.165) is 36.5 Å². The van der Waals surface area contributed by atoms with E-state index in [1.807, 2.05) is 0 Å². The lowest BCUT2D eigenvalue weighted by Gasteiger charge is -2.24. The second kappa shape index (κ2) is 12.2. The highest BCUT2D eigenvalue weighted by molar-refractivity contribution is 6.96. The fraction of sp³-hybridized carbons (Fsp3) is 0.333. The first-order valence-corrected chi connectivity index (χ1v) is 12.8. The summed E-state index contributed by atoms with van der Waals surface area (Å²) in [5.41, 5.74) is 0. The zero-order valence-electron chi connectivity index (χ0n) is 18.9. The van der Waals surface area contributed by atoms with Crippen LogP contribution in [0.25, 0.3) is 0 Å². The first-order chi connectivity index (χ1) is 15.3. The van der Waals surface area contributed by atoms with E-state index in [-0.39, 0.29) is 0 Å². The van der Waals surface area contributed by atoms with Crippen LogP contribution >= 0.6 is 0 Å². The molecule has 3 rings (SSSR count). The Morgan fingerprint density at radius 1 is 0.548 bits per heavy atom. The lowest BCUT2D eigenvalue weighted by Crippen LogP contribution is -2.52. The van der Waals surface area contributed by atoms with Crippen LogP contribution < -0.4 is 29.8 Å². The Kier molecular flexibility index (Phi) is 9.04. The van der Waals surface area contributed by atoms with Crippen molar-refractivity contribution in [2.45, 2.75) is 40.0 Å². The van der Waals surface area contributed by atoms with Crippen molar-refractivity contribution < 1.29 is 14.2 Å². The molecule has 4 heteroatoms. The first-order valence-electron chi connectivity index (χ1n) is 11.3. The smallest absolute Gasteiger partial charge is 0.203 e. The van der Waals surface area contributed by atoms with E-state index in [2.05, 4.69) is 93.6 Å². The molecule has 1 radical (unpaired) electrons. The minimum absolute atomic E-state index is 0.632. The Bertz CT molecular complexity index is 873. The molecular formula is C27H33O3Si. The van der Waals surface area contributed by atoms with Crippen molar-refractivity contribution in [1.29, 1.82) is 0 Å². The number of hydrogen-bond acceptors (Lipinski definition) is 3. The third-order valence-electron chi connectivity index (χ3n) is 4.83. The lowest BCUT2D eigenvalue weighted by atomic mass is 10.2. The maximum Gasteiger partial charge on any atom is 0.203 e. The highest BCUT2D eigenvalue weighted by Gasteiger charge is 2.27. The molecule has 0 bridgehead atoms. The summed E-state index contributed by atoms with van der Waals surface area (Å²) >= 11 is 0. The molecule has 0 unspecified atom stereocenters. The Morgan fingerprint density at radius 3 is 1.55 bits per heavy atom. The number of benzene rings is 3. The molecule has 3 nitrogen and oxygen atoms in total. The van der Waals surface area contributed by atoms with Crippen LogP contribution in [0.15, 0.2) is 72.8 Å². The van der Waals surface area contributed by atoms with E-state index in [1.54, 1.807) is 0 Å². The zero-order chi connectivity index (χ0) is 21.9. The summed E-state index contributed by atoms with van der Waals surface area (Å²) in [5.74, 6) is 2.36. The maximum atomic E-state index is 6.38. The van der Waals surface area contributed by atoms with E-state index < -0.39 is 8.80 Å². The lowest BCUT2D eigenvalue weighted by molar-refractivity contribution is 0.244. The molecule has 0 aliphatic carbocycles. The molecule has 0 N–H and O–H groups in total. The first kappa shape index (κ1) is 23.0. The van der Waals surface area contributed by atoms with Crippen molar-refractivity contribution in [3.63, 3.8) is 0 Å². The van der Waals surface area contributed by atoms with Gasteiger partial charge in [-0.15, -0.1) is 0 Å². The second-order valence-corrected chi connectivity index (χ2v) is 9.87. The van der Waals surface area contributed by atoms with E-state index in [4.69, 9.17) is 14.2 Å². The van der Waals surface area contributed by atoms with Gasteiger partial charge in [0.2, 0.25) is 5.75 Å². The van der Waals surface area contributed by atoms with Crippen molar-refractivity contribution in [1.82, 2.24) is 0 Å². The minimum atomic E-state index is -1.28. The highest BCUT2D eigenvalue weighted by atomic mass is 28.3. The Hall–Kier alpha value is -2.72. The molecule has 0 atom stereocenters. The molecule has 0 aromatic heterocycles. The van der Waals surface area contributed by atoms with Crippen molar-refractivity contribution >= 4 is 24.4 Å². The van der Waals surface area contributed by atoms with Gasteiger partial charge in [-0.25, -0.2) is 0 Å². The van der Waals surface area contributed by atoms with Crippen LogP contribution in [0.1, 0.15) is 40.0 Å². The molecule has 0 saturated carbocycles. The molecule has 0 aliphatic heterocycles. The van der Waals surface area contributed by atoms with Crippen LogP contribution in [0.4, 0.5) is 0 Å². The average molecular weight is 434 g/mol. The number of ether oxygens (including phenoxy) is 3. The summed E-state index contributed by atoms with van der Waals surface area (Å²) in [6, 6.07) is 25.7. The SMILES string of the molecule is CCCOc1ccc([Si](c2ccccc2)c2ccccc2)c(OCCC)c1OCCC. The van der Waals surface area contributed by atoms with Crippen LogP contribution in [0.5, 0.6) is 17.2 Å². The Labute approximate surface area is 188 Å². The van der Waals surface area contributed by atoms with E-state index >= 15 is 0 Å². The fourth-order valence-corrected chi connectivity index (χ4v) is 6.11. The maximum absolute atomic E-state index is 6.38. The summed E-state index contributed by atoms with van der Waals surface area (Å²) < 4.78 is 18.7. The number of hydrogen-bond donors (Lipinski definition) is 0. The molecule has 0 fully saturated rings. The van der Waals surface area contributed by atoms with Gasteiger partial charge in [-0.3, -0.25) is 0 Å². The molecule has 163 valence electrons. The van der Waals surface area contributed by atoms with Gasteiger partial charge in [0.05, 0.1) is 19.8 Å². The molecule has 0 saturated heterocycles. The van der Waals surface area contributed by atoms with Gasteiger partial charge in [0, 0.05) is 0 Å².